The van der Waals surface area contributed by atoms with Crippen LogP contribution in [0.3, 0.4) is 0 Å². The van der Waals surface area contributed by atoms with Gasteiger partial charge in [-0.3, -0.25) is 14.6 Å². The number of hydrogen-bond acceptors (Lipinski definition) is 7. The standard InChI is InChI=1S/C26H35N5O4/c1-29-23(19-10-5-3-6-11-19)28-25-27-20(16-22(32)31(25)29)17-35-26(13-7-4-8-14-26)24(33)30-15-9-12-21(30)18-34-2/h3,5-6,10-11,16,21,23H,4,7-9,12-15,17-18H2,1-2H3,(H,27,28). The Labute approximate surface area is 206 Å². The fraction of sp³-hybridized carbons (Fsp3) is 0.577. The number of hydrogen-bond donors (Lipinski definition) is 1. The summed E-state index contributed by atoms with van der Waals surface area (Å²) in [6, 6.07) is 11.6. The topological polar surface area (TPSA) is 88.9 Å². The van der Waals surface area contributed by atoms with Crippen LogP contribution < -0.4 is 15.9 Å². The van der Waals surface area contributed by atoms with E-state index in [1.165, 1.54) is 6.07 Å². The predicted molar refractivity (Wildman–Crippen MR) is 133 cm³/mol. The number of benzene rings is 1. The number of anilines is 1. The lowest BCUT2D eigenvalue weighted by Gasteiger charge is -2.40. The van der Waals surface area contributed by atoms with Gasteiger partial charge in [0.1, 0.15) is 11.8 Å². The minimum Gasteiger partial charge on any atom is -0.383 e. The van der Waals surface area contributed by atoms with Crippen LogP contribution in [0, 0.1) is 0 Å². The lowest BCUT2D eigenvalue weighted by Crippen LogP contribution is -2.54. The third-order valence-corrected chi connectivity index (χ3v) is 7.56. The molecule has 3 aliphatic rings. The Morgan fingerprint density at radius 2 is 1.94 bits per heavy atom. The third-order valence-electron chi connectivity index (χ3n) is 7.56. The molecule has 0 radical (unpaired) electrons. The average Bonchev–Trinajstić information content (AvgIpc) is 3.48. The Balaban J connectivity index is 1.35. The van der Waals surface area contributed by atoms with Crippen LogP contribution in [0.2, 0.25) is 0 Å². The number of likely N-dealkylation sites (tertiary alicyclic amines) is 1. The minimum atomic E-state index is -0.859. The molecule has 1 aliphatic carbocycles. The molecule has 9 nitrogen and oxygen atoms in total. The van der Waals surface area contributed by atoms with Gasteiger partial charge in [-0.25, -0.2) is 4.98 Å². The Morgan fingerprint density at radius 3 is 2.69 bits per heavy atom. The van der Waals surface area contributed by atoms with E-state index in [2.05, 4.69) is 5.32 Å². The SMILES string of the molecule is COCC1CCCN1C(=O)C1(OCc2cc(=O)n3c(n2)NC(c2ccccc2)N3C)CCCCC1. The second-order valence-electron chi connectivity index (χ2n) is 9.85. The van der Waals surface area contributed by atoms with Gasteiger partial charge in [0, 0.05) is 26.8 Å². The van der Waals surface area contributed by atoms with E-state index in [1.807, 2.05) is 47.3 Å². The lowest BCUT2D eigenvalue weighted by molar-refractivity contribution is -0.167. The number of ether oxygens (including phenoxy) is 2. The number of methoxy groups -OCH3 is 1. The first kappa shape index (κ1) is 23.8. The summed E-state index contributed by atoms with van der Waals surface area (Å²) in [4.78, 5) is 33.4. The van der Waals surface area contributed by atoms with Gasteiger partial charge >= 0.3 is 0 Å². The zero-order valence-corrected chi connectivity index (χ0v) is 20.6. The summed E-state index contributed by atoms with van der Waals surface area (Å²) >= 11 is 0. The van der Waals surface area contributed by atoms with Crippen LogP contribution >= 0.6 is 0 Å². The van der Waals surface area contributed by atoms with Crippen molar-refractivity contribution in [3.8, 4) is 0 Å². The quantitative estimate of drug-likeness (QED) is 0.651. The molecule has 2 unspecified atom stereocenters. The van der Waals surface area contributed by atoms with E-state index in [-0.39, 0.29) is 30.3 Å². The van der Waals surface area contributed by atoms with Gasteiger partial charge in [-0.1, -0.05) is 49.6 Å². The molecule has 2 atom stereocenters. The van der Waals surface area contributed by atoms with E-state index in [0.29, 0.717) is 31.1 Å². The molecule has 2 fully saturated rings. The molecule has 1 N–H and O–H groups in total. The van der Waals surface area contributed by atoms with Crippen LogP contribution in [-0.4, -0.2) is 59.4 Å². The monoisotopic (exact) mass is 481 g/mol. The summed E-state index contributed by atoms with van der Waals surface area (Å²) in [7, 11) is 3.54. The van der Waals surface area contributed by atoms with Crippen LogP contribution in [0.5, 0.6) is 0 Å². The van der Waals surface area contributed by atoms with Crippen LogP contribution in [0.25, 0.3) is 0 Å². The highest BCUT2D eigenvalue weighted by Crippen LogP contribution is 2.36. The molecule has 1 saturated carbocycles. The van der Waals surface area contributed by atoms with Crippen molar-refractivity contribution in [3.05, 3.63) is 58.0 Å². The summed E-state index contributed by atoms with van der Waals surface area (Å²) in [6.07, 6.45) is 6.18. The van der Waals surface area contributed by atoms with Crippen molar-refractivity contribution in [1.29, 1.82) is 0 Å². The molecule has 1 aromatic heterocycles. The van der Waals surface area contributed by atoms with Crippen molar-refractivity contribution in [2.24, 2.45) is 0 Å². The minimum absolute atomic E-state index is 0.0663. The average molecular weight is 482 g/mol. The van der Waals surface area contributed by atoms with E-state index in [4.69, 9.17) is 14.5 Å². The van der Waals surface area contributed by atoms with Gasteiger partial charge in [-0.05, 0) is 31.2 Å². The Hall–Kier alpha value is -2.91. The Bertz CT molecular complexity index is 1100. The smallest absolute Gasteiger partial charge is 0.274 e. The summed E-state index contributed by atoms with van der Waals surface area (Å²) < 4.78 is 13.3. The van der Waals surface area contributed by atoms with Gasteiger partial charge in [0.05, 0.1) is 24.9 Å². The second kappa shape index (κ2) is 9.99. The molecule has 35 heavy (non-hydrogen) atoms. The third kappa shape index (κ3) is 4.54. The zero-order chi connectivity index (χ0) is 24.4. The molecule has 0 spiro atoms. The molecule has 5 rings (SSSR count). The van der Waals surface area contributed by atoms with Crippen LogP contribution in [0.4, 0.5) is 5.95 Å². The number of nitrogens with zero attached hydrogens (tertiary/aromatic N) is 4. The lowest BCUT2D eigenvalue weighted by atomic mass is 9.83. The molecule has 3 heterocycles. The largest absolute Gasteiger partial charge is 0.383 e. The van der Waals surface area contributed by atoms with Crippen molar-refractivity contribution < 1.29 is 14.3 Å². The van der Waals surface area contributed by atoms with Crippen LogP contribution in [0.1, 0.15) is 62.4 Å². The summed E-state index contributed by atoms with van der Waals surface area (Å²) in [6.45, 7) is 1.42. The highest BCUT2D eigenvalue weighted by molar-refractivity contribution is 5.86. The number of rotatable bonds is 7. The summed E-state index contributed by atoms with van der Waals surface area (Å²) in [5.74, 6) is 0.549. The molecular weight excluding hydrogens is 446 g/mol. The highest BCUT2D eigenvalue weighted by Gasteiger charge is 2.46. The Kier molecular flexibility index (Phi) is 6.80. The molecule has 1 aromatic carbocycles. The van der Waals surface area contributed by atoms with Gasteiger partial charge in [0.25, 0.3) is 11.5 Å². The predicted octanol–water partition coefficient (Wildman–Crippen LogP) is 2.79. The number of nitrogens with one attached hydrogen (secondary N) is 1. The molecule has 2 aliphatic heterocycles. The van der Waals surface area contributed by atoms with Gasteiger partial charge < -0.3 is 19.7 Å². The van der Waals surface area contributed by atoms with Gasteiger partial charge in [0.2, 0.25) is 5.95 Å². The van der Waals surface area contributed by atoms with Crippen molar-refractivity contribution in [1.82, 2.24) is 14.6 Å². The first-order chi connectivity index (χ1) is 17.0. The van der Waals surface area contributed by atoms with Crippen molar-refractivity contribution in [2.45, 2.75) is 69.4 Å². The fourth-order valence-electron chi connectivity index (χ4n) is 5.75. The number of aromatic nitrogens is 2. The van der Waals surface area contributed by atoms with Crippen LogP contribution in [-0.2, 0) is 20.9 Å². The highest BCUT2D eigenvalue weighted by atomic mass is 16.5. The zero-order valence-electron chi connectivity index (χ0n) is 20.6. The molecule has 0 bridgehead atoms. The van der Waals surface area contributed by atoms with E-state index >= 15 is 0 Å². The number of amides is 1. The van der Waals surface area contributed by atoms with Crippen LogP contribution in [0.15, 0.2) is 41.2 Å². The molecule has 2 aromatic rings. The number of carbonyl (C=O) groups is 1. The van der Waals surface area contributed by atoms with E-state index in [0.717, 1.165) is 44.2 Å². The van der Waals surface area contributed by atoms with Crippen molar-refractivity contribution in [3.63, 3.8) is 0 Å². The maximum atomic E-state index is 13.8. The van der Waals surface area contributed by atoms with Gasteiger partial charge in [-0.15, -0.1) is 0 Å². The fourth-order valence-corrected chi connectivity index (χ4v) is 5.75. The number of fused-ring (bicyclic) bond motifs is 1. The van der Waals surface area contributed by atoms with Gasteiger partial charge in [0.15, 0.2) is 0 Å². The molecule has 1 amide bonds. The Morgan fingerprint density at radius 1 is 1.17 bits per heavy atom. The second-order valence-corrected chi connectivity index (χ2v) is 9.85. The first-order valence-electron chi connectivity index (χ1n) is 12.6. The number of carbonyl (C=O) groups excluding carboxylic acids is 1. The molecular formula is C26H35N5O4. The van der Waals surface area contributed by atoms with Crippen molar-refractivity contribution >= 4 is 11.9 Å². The van der Waals surface area contributed by atoms with Crippen molar-refractivity contribution in [2.75, 3.05) is 37.6 Å². The molecule has 1 saturated heterocycles. The first-order valence-corrected chi connectivity index (χ1v) is 12.6. The van der Waals surface area contributed by atoms with E-state index in [9.17, 15) is 9.59 Å². The normalized spacial score (nSPS) is 23.3. The summed E-state index contributed by atoms with van der Waals surface area (Å²) in [5, 5.41) is 5.20. The van der Waals surface area contributed by atoms with E-state index in [1.54, 1.807) is 11.8 Å². The maximum absolute atomic E-state index is 13.8. The maximum Gasteiger partial charge on any atom is 0.274 e. The summed E-state index contributed by atoms with van der Waals surface area (Å²) in [5.41, 5.74) is 0.539. The van der Waals surface area contributed by atoms with Gasteiger partial charge in [-0.2, -0.15) is 4.68 Å². The molecule has 9 heteroatoms. The van der Waals surface area contributed by atoms with E-state index < -0.39 is 5.60 Å². The molecule has 188 valence electrons.